The van der Waals surface area contributed by atoms with Crippen LogP contribution in [0.1, 0.15) is 33.6 Å². The molecule has 1 radical (unpaired) electrons. The van der Waals surface area contributed by atoms with Crippen molar-refractivity contribution in [3.63, 3.8) is 0 Å². The monoisotopic (exact) mass is 258 g/mol. The summed E-state index contributed by atoms with van der Waals surface area (Å²) in [5.74, 6) is -0.649. The molecule has 0 aromatic rings. The Morgan fingerprint density at radius 3 is 2.39 bits per heavy atom. The predicted octanol–water partition coefficient (Wildman–Crippen LogP) is 0.628. The number of hydrogen-bond acceptors (Lipinski definition) is 6. The number of nitrogens with one attached hydrogen (secondary N) is 1. The molecule has 1 rings (SSSR count). The zero-order chi connectivity index (χ0) is 13.8. The molecule has 101 valence electrons. The van der Waals surface area contributed by atoms with Gasteiger partial charge in [-0.05, 0) is 33.6 Å². The van der Waals surface area contributed by atoms with Gasteiger partial charge in [0.15, 0.2) is 0 Å². The van der Waals surface area contributed by atoms with Crippen molar-refractivity contribution in [2.75, 3.05) is 6.79 Å². The van der Waals surface area contributed by atoms with E-state index in [1.807, 2.05) is 0 Å². The highest BCUT2D eigenvalue weighted by molar-refractivity contribution is 5.88. The Labute approximate surface area is 105 Å². The Kier molecular flexibility index (Phi) is 4.15. The fourth-order valence-electron chi connectivity index (χ4n) is 1.25. The molecule has 1 amide bonds. The molecule has 18 heavy (non-hydrogen) atoms. The van der Waals surface area contributed by atoms with E-state index in [0.29, 0.717) is 12.8 Å². The molecule has 7 heteroatoms. The van der Waals surface area contributed by atoms with Gasteiger partial charge in [0.05, 0.1) is 0 Å². The molecule has 0 bridgehead atoms. The minimum absolute atomic E-state index is 0.468. The van der Waals surface area contributed by atoms with Crippen LogP contribution in [-0.2, 0) is 23.8 Å². The third kappa shape index (κ3) is 4.23. The summed E-state index contributed by atoms with van der Waals surface area (Å²) in [6.45, 7) is 5.78. The molecule has 0 aromatic heterocycles. The molecule has 1 fully saturated rings. The summed E-state index contributed by atoms with van der Waals surface area (Å²) < 4.78 is 13.8. The number of hydrogen-bond donors (Lipinski definition) is 1. The van der Waals surface area contributed by atoms with Crippen LogP contribution in [0.3, 0.4) is 0 Å². The Hall–Kier alpha value is -1.79. The van der Waals surface area contributed by atoms with Gasteiger partial charge >= 0.3 is 18.5 Å². The fourth-order valence-corrected chi connectivity index (χ4v) is 1.25. The first-order chi connectivity index (χ1) is 8.29. The molecule has 0 saturated heterocycles. The van der Waals surface area contributed by atoms with E-state index in [2.05, 4.69) is 14.8 Å². The lowest BCUT2D eigenvalue weighted by atomic mass is 10.2. The molecule has 1 saturated carbocycles. The van der Waals surface area contributed by atoms with Crippen LogP contribution in [0.2, 0.25) is 0 Å². The molecule has 0 heterocycles. The predicted molar refractivity (Wildman–Crippen MR) is 59.1 cm³/mol. The van der Waals surface area contributed by atoms with E-state index in [0.717, 1.165) is 6.47 Å². The topological polar surface area (TPSA) is 90.9 Å². The minimum atomic E-state index is -1.05. The van der Waals surface area contributed by atoms with Gasteiger partial charge < -0.3 is 19.5 Å². The van der Waals surface area contributed by atoms with Gasteiger partial charge in [0, 0.05) is 0 Å². The molecule has 0 unspecified atom stereocenters. The number of carbonyl (C=O) groups is 2. The van der Waals surface area contributed by atoms with Crippen LogP contribution in [0.5, 0.6) is 0 Å². The zero-order valence-electron chi connectivity index (χ0n) is 10.6. The van der Waals surface area contributed by atoms with Crippen molar-refractivity contribution in [3.8, 4) is 0 Å². The van der Waals surface area contributed by atoms with Gasteiger partial charge in [0.2, 0.25) is 6.79 Å². The maximum atomic E-state index is 11.6. The van der Waals surface area contributed by atoms with Crippen LogP contribution >= 0.6 is 0 Å². The third-order valence-electron chi connectivity index (χ3n) is 2.19. The van der Waals surface area contributed by atoms with Gasteiger partial charge in [-0.3, -0.25) is 0 Å². The third-order valence-corrected chi connectivity index (χ3v) is 2.19. The summed E-state index contributed by atoms with van der Waals surface area (Å²) in [6.07, 6.45) is 0.256. The average Bonchev–Trinajstić information content (AvgIpc) is 2.96. The van der Waals surface area contributed by atoms with E-state index in [4.69, 9.17) is 4.74 Å². The smallest absolute Gasteiger partial charge is 0.420 e. The Balaban J connectivity index is 2.42. The number of esters is 1. The maximum Gasteiger partial charge on any atom is 0.420 e. The standard InChI is InChI=1S/C11H16NO6/c1-10(2,3)18-9(15)12-11(4-5-11)8(14)17-7-16-6-13/h4-5,7H2,1-3H3,(H,12,15). The van der Waals surface area contributed by atoms with Gasteiger partial charge in [0.25, 0.3) is 0 Å². The van der Waals surface area contributed by atoms with Crippen LogP contribution in [-0.4, -0.2) is 36.5 Å². The molecular formula is C11H16NO6. The maximum absolute atomic E-state index is 11.6. The van der Waals surface area contributed by atoms with E-state index in [-0.39, 0.29) is 0 Å². The van der Waals surface area contributed by atoms with Crippen LogP contribution in [0.15, 0.2) is 0 Å². The number of ether oxygens (including phenoxy) is 3. The molecule has 1 aliphatic carbocycles. The van der Waals surface area contributed by atoms with Crippen molar-refractivity contribution in [2.24, 2.45) is 0 Å². The minimum Gasteiger partial charge on any atom is -0.444 e. The molecular weight excluding hydrogens is 242 g/mol. The van der Waals surface area contributed by atoms with E-state index in [1.54, 1.807) is 20.8 Å². The lowest BCUT2D eigenvalue weighted by molar-refractivity contribution is -0.154. The van der Waals surface area contributed by atoms with Gasteiger partial charge in [-0.2, -0.15) is 0 Å². The van der Waals surface area contributed by atoms with Crippen molar-refractivity contribution in [2.45, 2.75) is 44.8 Å². The first-order valence-corrected chi connectivity index (χ1v) is 5.46. The summed E-state index contributed by atoms with van der Waals surface area (Å²) in [5, 5.41) is 2.46. The number of alkyl carbamates (subject to hydrolysis) is 1. The first kappa shape index (κ1) is 14.3. The van der Waals surface area contributed by atoms with E-state index in [1.165, 1.54) is 0 Å². The summed E-state index contributed by atoms with van der Waals surface area (Å²) in [6, 6.07) is 0. The molecule has 7 nitrogen and oxygen atoms in total. The van der Waals surface area contributed by atoms with Crippen LogP contribution in [0, 0.1) is 0 Å². The van der Waals surface area contributed by atoms with Crippen LogP contribution in [0.4, 0.5) is 4.79 Å². The van der Waals surface area contributed by atoms with E-state index < -0.39 is 30.0 Å². The summed E-state index contributed by atoms with van der Waals surface area (Å²) in [5.41, 5.74) is -1.69. The zero-order valence-corrected chi connectivity index (χ0v) is 10.6. The number of rotatable bonds is 5. The Bertz CT molecular complexity index is 342. The molecule has 1 N–H and O–H groups in total. The SMILES string of the molecule is CC(C)(C)OC(=O)NC1(C(=O)OCO[C]=O)CC1. The molecule has 0 aliphatic heterocycles. The first-order valence-electron chi connectivity index (χ1n) is 5.46. The fraction of sp³-hybridized carbons (Fsp3) is 0.727. The average molecular weight is 258 g/mol. The van der Waals surface area contributed by atoms with E-state index >= 15 is 0 Å². The van der Waals surface area contributed by atoms with Crippen molar-refractivity contribution in [1.82, 2.24) is 5.32 Å². The highest BCUT2D eigenvalue weighted by atomic mass is 16.7. The van der Waals surface area contributed by atoms with Gasteiger partial charge in [0.1, 0.15) is 11.1 Å². The highest BCUT2D eigenvalue weighted by Gasteiger charge is 2.53. The van der Waals surface area contributed by atoms with Crippen LogP contribution < -0.4 is 5.32 Å². The largest absolute Gasteiger partial charge is 0.444 e. The summed E-state index contributed by atoms with van der Waals surface area (Å²) >= 11 is 0. The second-order valence-corrected chi connectivity index (χ2v) is 4.99. The lowest BCUT2D eigenvalue weighted by Gasteiger charge is -2.22. The number of amides is 1. The second kappa shape index (κ2) is 5.24. The molecule has 0 aromatic carbocycles. The molecule has 1 aliphatic rings. The number of carbonyl (C=O) groups excluding carboxylic acids is 3. The van der Waals surface area contributed by atoms with Gasteiger partial charge in [-0.25, -0.2) is 14.4 Å². The summed E-state index contributed by atoms with van der Waals surface area (Å²) in [4.78, 5) is 32.9. The molecule has 0 spiro atoms. The van der Waals surface area contributed by atoms with E-state index in [9.17, 15) is 14.4 Å². The van der Waals surface area contributed by atoms with Crippen molar-refractivity contribution in [1.29, 1.82) is 0 Å². The summed E-state index contributed by atoms with van der Waals surface area (Å²) in [7, 11) is 0. The normalized spacial score (nSPS) is 16.4. The Morgan fingerprint density at radius 1 is 1.33 bits per heavy atom. The van der Waals surface area contributed by atoms with Crippen molar-refractivity contribution < 1.29 is 28.6 Å². The lowest BCUT2D eigenvalue weighted by Crippen LogP contribution is -2.46. The second-order valence-electron chi connectivity index (χ2n) is 4.99. The highest BCUT2D eigenvalue weighted by Crippen LogP contribution is 2.36. The Morgan fingerprint density at radius 2 is 1.94 bits per heavy atom. The van der Waals surface area contributed by atoms with Gasteiger partial charge in [-0.1, -0.05) is 0 Å². The van der Waals surface area contributed by atoms with Gasteiger partial charge in [-0.15, -0.1) is 0 Å². The van der Waals surface area contributed by atoms with Crippen molar-refractivity contribution in [3.05, 3.63) is 0 Å². The van der Waals surface area contributed by atoms with Crippen LogP contribution in [0.25, 0.3) is 0 Å². The van der Waals surface area contributed by atoms with Crippen molar-refractivity contribution >= 4 is 18.5 Å². The molecule has 0 atom stereocenters. The quantitative estimate of drug-likeness (QED) is 0.442.